The molecule has 0 aliphatic rings. The summed E-state index contributed by atoms with van der Waals surface area (Å²) in [4.78, 5) is 11.0. The molecular weight excluding hydrogens is 278 g/mol. The Morgan fingerprint density at radius 1 is 1.30 bits per heavy atom. The van der Waals surface area contributed by atoms with Crippen LogP contribution in [0.2, 0.25) is 0 Å². The van der Waals surface area contributed by atoms with Crippen LogP contribution in [-0.4, -0.2) is 19.9 Å². The SMILES string of the molecule is Cc1cc(S(=O)(=O)NC(C)(C)CC(N)=O)cc(N)c1C. The molecule has 20 heavy (non-hydrogen) atoms. The largest absolute Gasteiger partial charge is 0.398 e. The highest BCUT2D eigenvalue weighted by molar-refractivity contribution is 7.89. The number of aryl methyl sites for hydroxylation is 1. The van der Waals surface area contributed by atoms with Gasteiger partial charge in [-0.15, -0.1) is 0 Å². The molecule has 0 radical (unpaired) electrons. The average molecular weight is 299 g/mol. The molecule has 0 aliphatic heterocycles. The van der Waals surface area contributed by atoms with E-state index in [-0.39, 0.29) is 11.3 Å². The van der Waals surface area contributed by atoms with E-state index in [4.69, 9.17) is 11.5 Å². The molecule has 6 nitrogen and oxygen atoms in total. The Kier molecular flexibility index (Phi) is 4.45. The molecule has 1 rings (SSSR count). The fourth-order valence-electron chi connectivity index (χ4n) is 1.90. The second-order valence-corrected chi connectivity index (χ2v) is 7.27. The summed E-state index contributed by atoms with van der Waals surface area (Å²) < 4.78 is 27.1. The molecule has 0 saturated heterocycles. The predicted molar refractivity (Wildman–Crippen MR) is 78.5 cm³/mol. The van der Waals surface area contributed by atoms with Crippen molar-refractivity contribution in [2.24, 2.45) is 5.73 Å². The van der Waals surface area contributed by atoms with E-state index in [0.717, 1.165) is 11.1 Å². The van der Waals surface area contributed by atoms with E-state index in [9.17, 15) is 13.2 Å². The highest BCUT2D eigenvalue weighted by atomic mass is 32.2. The second kappa shape index (κ2) is 5.41. The Hall–Kier alpha value is -1.60. The number of carbonyl (C=O) groups excluding carboxylic acids is 1. The van der Waals surface area contributed by atoms with Gasteiger partial charge in [0.05, 0.1) is 4.90 Å². The summed E-state index contributed by atoms with van der Waals surface area (Å²) in [7, 11) is -3.76. The van der Waals surface area contributed by atoms with E-state index in [1.807, 2.05) is 6.92 Å². The smallest absolute Gasteiger partial charge is 0.241 e. The van der Waals surface area contributed by atoms with E-state index in [1.165, 1.54) is 6.07 Å². The van der Waals surface area contributed by atoms with Gasteiger partial charge in [-0.25, -0.2) is 13.1 Å². The molecule has 0 spiro atoms. The third-order valence-electron chi connectivity index (χ3n) is 3.02. The molecule has 0 fully saturated rings. The minimum Gasteiger partial charge on any atom is -0.398 e. The summed E-state index contributed by atoms with van der Waals surface area (Å²) >= 11 is 0. The van der Waals surface area contributed by atoms with Crippen LogP contribution in [0.25, 0.3) is 0 Å². The fraction of sp³-hybridized carbons (Fsp3) is 0.462. The van der Waals surface area contributed by atoms with Crippen molar-refractivity contribution in [1.29, 1.82) is 0 Å². The Morgan fingerprint density at radius 2 is 1.85 bits per heavy atom. The van der Waals surface area contributed by atoms with Crippen molar-refractivity contribution in [2.75, 3.05) is 5.73 Å². The molecule has 0 heterocycles. The number of primary amides is 1. The molecule has 0 aliphatic carbocycles. The molecule has 1 aromatic carbocycles. The number of rotatable bonds is 5. The van der Waals surface area contributed by atoms with Gasteiger partial charge in [0.2, 0.25) is 15.9 Å². The summed E-state index contributed by atoms with van der Waals surface area (Å²) in [5, 5.41) is 0. The Bertz CT molecular complexity index is 613. The van der Waals surface area contributed by atoms with E-state index >= 15 is 0 Å². The van der Waals surface area contributed by atoms with Gasteiger partial charge >= 0.3 is 0 Å². The summed E-state index contributed by atoms with van der Waals surface area (Å²) in [6.07, 6.45) is -0.0907. The molecule has 0 atom stereocenters. The van der Waals surface area contributed by atoms with Crippen LogP contribution < -0.4 is 16.2 Å². The van der Waals surface area contributed by atoms with Crippen molar-refractivity contribution < 1.29 is 13.2 Å². The molecule has 1 amide bonds. The highest BCUT2D eigenvalue weighted by Crippen LogP contribution is 2.23. The van der Waals surface area contributed by atoms with Gasteiger partial charge in [-0.2, -0.15) is 0 Å². The van der Waals surface area contributed by atoms with Gasteiger partial charge in [0.15, 0.2) is 0 Å². The van der Waals surface area contributed by atoms with Crippen LogP contribution in [0.15, 0.2) is 17.0 Å². The lowest BCUT2D eigenvalue weighted by molar-refractivity contribution is -0.119. The zero-order valence-electron chi connectivity index (χ0n) is 12.1. The minimum absolute atomic E-state index is 0.0793. The number of amides is 1. The predicted octanol–water partition coefficient (Wildman–Crippen LogP) is 0.818. The number of sulfonamides is 1. The maximum absolute atomic E-state index is 12.3. The van der Waals surface area contributed by atoms with Gasteiger partial charge in [-0.3, -0.25) is 4.79 Å². The van der Waals surface area contributed by atoms with Crippen LogP contribution in [0.5, 0.6) is 0 Å². The first kappa shape index (κ1) is 16.5. The number of nitrogens with one attached hydrogen (secondary N) is 1. The summed E-state index contributed by atoms with van der Waals surface area (Å²) in [5.41, 5.74) is 12.0. The number of carbonyl (C=O) groups is 1. The van der Waals surface area contributed by atoms with Crippen LogP contribution in [0, 0.1) is 13.8 Å². The molecule has 5 N–H and O–H groups in total. The fourth-order valence-corrected chi connectivity index (χ4v) is 3.43. The third-order valence-corrected chi connectivity index (χ3v) is 4.70. The first-order valence-electron chi connectivity index (χ1n) is 6.13. The van der Waals surface area contributed by atoms with Gasteiger partial charge in [0.25, 0.3) is 0 Å². The average Bonchev–Trinajstić information content (AvgIpc) is 2.21. The van der Waals surface area contributed by atoms with E-state index in [1.54, 1.807) is 26.8 Å². The zero-order chi connectivity index (χ0) is 15.7. The topological polar surface area (TPSA) is 115 Å². The van der Waals surface area contributed by atoms with Gasteiger partial charge in [-0.05, 0) is 51.0 Å². The molecule has 112 valence electrons. The molecule has 0 saturated carbocycles. The van der Waals surface area contributed by atoms with Gasteiger partial charge in [-0.1, -0.05) is 0 Å². The molecular formula is C13H21N3O3S. The second-order valence-electron chi connectivity index (χ2n) is 5.59. The number of hydrogen-bond acceptors (Lipinski definition) is 4. The lowest BCUT2D eigenvalue weighted by atomic mass is 10.0. The number of benzene rings is 1. The Balaban J connectivity index is 3.15. The highest BCUT2D eigenvalue weighted by Gasteiger charge is 2.28. The van der Waals surface area contributed by atoms with Crippen molar-refractivity contribution in [3.8, 4) is 0 Å². The van der Waals surface area contributed by atoms with Crippen LogP contribution in [0.3, 0.4) is 0 Å². The quantitative estimate of drug-likeness (QED) is 0.698. The lowest BCUT2D eigenvalue weighted by Gasteiger charge is -2.24. The van der Waals surface area contributed by atoms with Crippen molar-refractivity contribution in [3.63, 3.8) is 0 Å². The first-order chi connectivity index (χ1) is 8.94. The number of anilines is 1. The first-order valence-corrected chi connectivity index (χ1v) is 7.62. The molecule has 0 bridgehead atoms. The maximum atomic E-state index is 12.3. The number of nitrogens with two attached hydrogens (primary N) is 2. The zero-order valence-corrected chi connectivity index (χ0v) is 13.0. The van der Waals surface area contributed by atoms with Crippen LogP contribution in [0.4, 0.5) is 5.69 Å². The van der Waals surface area contributed by atoms with Crippen molar-refractivity contribution in [2.45, 2.75) is 44.6 Å². The number of hydrogen-bond donors (Lipinski definition) is 3. The molecule has 0 unspecified atom stereocenters. The van der Waals surface area contributed by atoms with E-state index in [2.05, 4.69) is 4.72 Å². The van der Waals surface area contributed by atoms with E-state index in [0.29, 0.717) is 5.69 Å². The van der Waals surface area contributed by atoms with Crippen LogP contribution >= 0.6 is 0 Å². The van der Waals surface area contributed by atoms with Gasteiger partial charge in [0.1, 0.15) is 0 Å². The minimum atomic E-state index is -3.76. The number of nitrogen functional groups attached to an aromatic ring is 1. The van der Waals surface area contributed by atoms with Crippen LogP contribution in [0.1, 0.15) is 31.4 Å². The summed E-state index contributed by atoms with van der Waals surface area (Å²) in [6.45, 7) is 6.81. The van der Waals surface area contributed by atoms with Crippen LogP contribution in [-0.2, 0) is 14.8 Å². The Labute approximate surface area is 119 Å². The molecule has 7 heteroatoms. The molecule has 1 aromatic rings. The van der Waals surface area contributed by atoms with Gasteiger partial charge < -0.3 is 11.5 Å². The van der Waals surface area contributed by atoms with E-state index < -0.39 is 21.5 Å². The third kappa shape index (κ3) is 3.94. The van der Waals surface area contributed by atoms with Crippen molar-refractivity contribution >= 4 is 21.6 Å². The van der Waals surface area contributed by atoms with Crippen molar-refractivity contribution in [1.82, 2.24) is 4.72 Å². The molecule has 0 aromatic heterocycles. The normalized spacial score (nSPS) is 12.4. The summed E-state index contributed by atoms with van der Waals surface area (Å²) in [6, 6.07) is 2.96. The standard InChI is InChI=1S/C13H21N3O3S/c1-8-5-10(6-11(14)9(8)2)20(18,19)16-13(3,4)7-12(15)17/h5-6,16H,7,14H2,1-4H3,(H2,15,17). The maximum Gasteiger partial charge on any atom is 0.241 e. The summed E-state index contributed by atoms with van der Waals surface area (Å²) in [5.74, 6) is -0.572. The monoisotopic (exact) mass is 299 g/mol. The van der Waals surface area contributed by atoms with Crippen molar-refractivity contribution in [3.05, 3.63) is 23.3 Å². The Morgan fingerprint density at radius 3 is 2.30 bits per heavy atom. The lowest BCUT2D eigenvalue weighted by Crippen LogP contribution is -2.45. The van der Waals surface area contributed by atoms with Gasteiger partial charge in [0, 0.05) is 17.6 Å².